The summed E-state index contributed by atoms with van der Waals surface area (Å²) >= 11 is 1.89. The van der Waals surface area contributed by atoms with Crippen molar-refractivity contribution in [3.8, 4) is 11.1 Å². The van der Waals surface area contributed by atoms with Crippen molar-refractivity contribution in [3.05, 3.63) is 138 Å². The predicted molar refractivity (Wildman–Crippen MR) is 229 cm³/mol. The maximum atomic E-state index is 7.05. The van der Waals surface area contributed by atoms with Crippen LogP contribution in [0, 0.1) is 6.92 Å². The topological polar surface area (TPSA) is 19.6 Å². The Morgan fingerprint density at radius 1 is 0.630 bits per heavy atom. The van der Waals surface area contributed by atoms with Gasteiger partial charge in [0.05, 0.1) is 11.4 Å². The van der Waals surface area contributed by atoms with Crippen LogP contribution in [0.25, 0.3) is 43.8 Å². The molecule has 1 aliphatic carbocycles. The molecule has 4 aliphatic rings. The van der Waals surface area contributed by atoms with E-state index >= 15 is 0 Å². The summed E-state index contributed by atoms with van der Waals surface area (Å²) in [7, 11) is 0. The van der Waals surface area contributed by atoms with Gasteiger partial charge in [-0.25, -0.2) is 0 Å². The van der Waals surface area contributed by atoms with Crippen LogP contribution in [0.4, 0.5) is 28.4 Å². The maximum Gasteiger partial charge on any atom is 0.333 e. The van der Waals surface area contributed by atoms with E-state index in [1.54, 1.807) is 0 Å². The average Bonchev–Trinajstić information content (AvgIpc) is 3.56. The summed E-state index contributed by atoms with van der Waals surface area (Å²) in [5.41, 5.74) is 17.8. The molecule has 0 N–H and O–H groups in total. The lowest BCUT2D eigenvalue weighted by atomic mass is 9.43. The molecule has 0 fully saturated rings. The number of furan rings is 1. The molecule has 8 aromatic rings. The fraction of sp³-hybridized carbons (Fsp3) is 0.184. The Bertz CT molecular complexity index is 2970. The number of hydrogen-bond donors (Lipinski definition) is 0. The van der Waals surface area contributed by atoms with E-state index in [1.807, 2.05) is 11.8 Å². The van der Waals surface area contributed by atoms with Crippen molar-refractivity contribution in [1.29, 1.82) is 0 Å². The third-order valence-corrected chi connectivity index (χ3v) is 14.3. The molecule has 5 heteroatoms. The largest absolute Gasteiger partial charge is 0.454 e. The first-order chi connectivity index (χ1) is 26.2. The zero-order chi connectivity index (χ0) is 36.2. The Morgan fingerprint density at radius 3 is 2.20 bits per heavy atom. The van der Waals surface area contributed by atoms with Crippen LogP contribution in [-0.2, 0) is 10.8 Å². The van der Waals surface area contributed by atoms with Gasteiger partial charge < -0.3 is 14.1 Å². The molecule has 0 unspecified atom stereocenters. The first kappa shape index (κ1) is 31.0. The standard InChI is InChI=1S/C49H39BN2OS/c1-28-25-34-35(49(4,5)24-23-48(34,2)3)27-38(28)51-39-26-29-13-6-7-14-30(29)43-33-16-12-20-42-45(33)52(37-17-9-11-19-41(37)54-42)50(44(39)43)36-22-21-32-31-15-8-10-18-40(31)53-47(32)46(36)51/h6-22,25-27H,23-24H2,1-5H3. The smallest absolute Gasteiger partial charge is 0.333 e. The predicted octanol–water partition coefficient (Wildman–Crippen LogP) is 12.6. The van der Waals surface area contributed by atoms with Crippen molar-refractivity contribution >= 4 is 90.7 Å². The second-order valence-electron chi connectivity index (χ2n) is 17.2. The number of rotatable bonds is 1. The highest BCUT2D eigenvalue weighted by Gasteiger charge is 2.49. The van der Waals surface area contributed by atoms with E-state index in [4.69, 9.17) is 4.42 Å². The summed E-state index contributed by atoms with van der Waals surface area (Å²) in [5, 5.41) is 4.86. The second kappa shape index (κ2) is 10.4. The molecule has 1 aromatic heterocycles. The summed E-state index contributed by atoms with van der Waals surface area (Å²) in [6.07, 6.45) is 2.35. The highest BCUT2D eigenvalue weighted by atomic mass is 32.2. The van der Waals surface area contributed by atoms with E-state index in [0.717, 1.165) is 27.6 Å². The molecule has 260 valence electrons. The summed E-state index contributed by atoms with van der Waals surface area (Å²) < 4.78 is 7.05. The van der Waals surface area contributed by atoms with Crippen molar-refractivity contribution in [2.45, 2.75) is 68.1 Å². The van der Waals surface area contributed by atoms with Gasteiger partial charge in [0.25, 0.3) is 0 Å². The molecule has 0 amide bonds. The normalized spacial score (nSPS) is 16.9. The van der Waals surface area contributed by atoms with Crippen molar-refractivity contribution in [3.63, 3.8) is 0 Å². The maximum absolute atomic E-state index is 7.05. The van der Waals surface area contributed by atoms with Crippen molar-refractivity contribution < 1.29 is 4.42 Å². The van der Waals surface area contributed by atoms with Crippen LogP contribution in [0.15, 0.2) is 136 Å². The quantitative estimate of drug-likeness (QED) is 0.158. The van der Waals surface area contributed by atoms with E-state index in [1.165, 1.54) is 94.9 Å². The van der Waals surface area contributed by atoms with E-state index in [0.29, 0.717) is 0 Å². The molecule has 0 atom stereocenters. The molecule has 54 heavy (non-hydrogen) atoms. The van der Waals surface area contributed by atoms with Crippen LogP contribution in [-0.4, -0.2) is 6.85 Å². The molecular formula is C49H39BN2OS. The van der Waals surface area contributed by atoms with Crippen LogP contribution in [0.1, 0.15) is 57.2 Å². The molecule has 7 aromatic carbocycles. The van der Waals surface area contributed by atoms with Gasteiger partial charge in [0.2, 0.25) is 0 Å². The summed E-state index contributed by atoms with van der Waals surface area (Å²) in [5.74, 6) is 0. The number of nitrogens with zero attached hydrogens (tertiary/aromatic N) is 2. The summed E-state index contributed by atoms with van der Waals surface area (Å²) in [4.78, 5) is 7.86. The van der Waals surface area contributed by atoms with Crippen molar-refractivity contribution in [2.24, 2.45) is 0 Å². The molecule has 0 saturated carbocycles. The zero-order valence-electron chi connectivity index (χ0n) is 31.2. The molecular weight excluding hydrogens is 675 g/mol. The molecule has 12 rings (SSSR count). The van der Waals surface area contributed by atoms with Gasteiger partial charge in [-0.1, -0.05) is 124 Å². The number of hydrogen-bond acceptors (Lipinski definition) is 4. The first-order valence-electron chi connectivity index (χ1n) is 19.3. The number of para-hydroxylation sites is 3. The van der Waals surface area contributed by atoms with Crippen LogP contribution in [0.2, 0.25) is 0 Å². The Balaban J connectivity index is 1.28. The van der Waals surface area contributed by atoms with E-state index < -0.39 is 0 Å². The minimum atomic E-state index is -0.0625. The van der Waals surface area contributed by atoms with Crippen LogP contribution in [0.3, 0.4) is 0 Å². The van der Waals surface area contributed by atoms with E-state index in [9.17, 15) is 0 Å². The fourth-order valence-corrected chi connectivity index (χ4v) is 11.5. The van der Waals surface area contributed by atoms with Crippen molar-refractivity contribution in [1.82, 2.24) is 0 Å². The Kier molecular flexibility index (Phi) is 5.99. The summed E-state index contributed by atoms with van der Waals surface area (Å²) in [6, 6.07) is 45.7. The fourth-order valence-electron chi connectivity index (χ4n) is 10.4. The van der Waals surface area contributed by atoms with Gasteiger partial charge in [-0.2, -0.15) is 0 Å². The lowest BCUT2D eigenvalue weighted by molar-refractivity contribution is 0.332. The van der Waals surface area contributed by atoms with Gasteiger partial charge in [0.1, 0.15) is 5.58 Å². The van der Waals surface area contributed by atoms with Crippen LogP contribution >= 0.6 is 11.8 Å². The third-order valence-electron chi connectivity index (χ3n) is 13.2. The van der Waals surface area contributed by atoms with Gasteiger partial charge in [-0.15, -0.1) is 0 Å². The second-order valence-corrected chi connectivity index (χ2v) is 18.2. The van der Waals surface area contributed by atoms with E-state index in [2.05, 4.69) is 166 Å². The monoisotopic (exact) mass is 714 g/mol. The molecule has 0 spiro atoms. The minimum absolute atomic E-state index is 0.0625. The van der Waals surface area contributed by atoms with E-state index in [-0.39, 0.29) is 17.7 Å². The highest BCUT2D eigenvalue weighted by molar-refractivity contribution is 7.99. The van der Waals surface area contributed by atoms with Gasteiger partial charge in [-0.05, 0) is 111 Å². The van der Waals surface area contributed by atoms with Gasteiger partial charge >= 0.3 is 6.85 Å². The number of anilines is 5. The third kappa shape index (κ3) is 3.90. The average molecular weight is 715 g/mol. The Hall–Kier alpha value is -5.39. The SMILES string of the molecule is Cc1cc2c(cc1N1c3cc4ccccc4c4c3B(c3ccc5c(oc6ccccc65)c31)N1c3ccccc3Sc3cccc-4c31)C(C)(C)CCC2(C)C. The molecule has 0 saturated heterocycles. The lowest BCUT2D eigenvalue weighted by Gasteiger charge is -2.48. The summed E-state index contributed by atoms with van der Waals surface area (Å²) in [6.45, 7) is 12.0. The molecule has 3 aliphatic heterocycles. The van der Waals surface area contributed by atoms with Crippen LogP contribution in [0.5, 0.6) is 0 Å². The zero-order valence-corrected chi connectivity index (χ0v) is 32.1. The number of aryl methyl sites for hydroxylation is 1. The van der Waals surface area contributed by atoms with Gasteiger partial charge in [0, 0.05) is 43.2 Å². The van der Waals surface area contributed by atoms with Crippen molar-refractivity contribution in [2.75, 3.05) is 9.71 Å². The first-order valence-corrected chi connectivity index (χ1v) is 20.2. The van der Waals surface area contributed by atoms with Gasteiger partial charge in [-0.3, -0.25) is 0 Å². The Morgan fingerprint density at radius 2 is 1.35 bits per heavy atom. The minimum Gasteiger partial charge on any atom is -0.454 e. The molecule has 0 bridgehead atoms. The number of benzene rings is 7. The van der Waals surface area contributed by atoms with Gasteiger partial charge in [0.15, 0.2) is 5.58 Å². The Labute approximate surface area is 320 Å². The van der Waals surface area contributed by atoms with Crippen LogP contribution < -0.4 is 20.6 Å². The molecule has 0 radical (unpaired) electrons. The number of fused-ring (bicyclic) bond motifs is 13. The highest BCUT2D eigenvalue weighted by Crippen LogP contribution is 2.58. The lowest BCUT2D eigenvalue weighted by Crippen LogP contribution is -2.62. The molecule has 3 nitrogen and oxygen atoms in total. The molecule has 4 heterocycles.